The van der Waals surface area contributed by atoms with Crippen molar-refractivity contribution in [1.82, 2.24) is 9.88 Å². The van der Waals surface area contributed by atoms with Gasteiger partial charge in [0.15, 0.2) is 0 Å². The molecule has 1 aliphatic heterocycles. The van der Waals surface area contributed by atoms with Crippen molar-refractivity contribution in [2.24, 2.45) is 5.92 Å². The standard InChI is InChI=1S/C23H21BrClF3N2S/c1-23(2,28)20(14-7-17(26)9-18(27)8-14)15-10-30(11-15)21(22-29-19(24)12-31-22)13-3-5-16(25)6-4-13/h3-9,12,15,20-21H,10-11H2,1-2H3. The van der Waals surface area contributed by atoms with Gasteiger partial charge >= 0.3 is 0 Å². The van der Waals surface area contributed by atoms with E-state index in [-0.39, 0.29) is 12.0 Å². The zero-order valence-corrected chi connectivity index (χ0v) is 20.1. The van der Waals surface area contributed by atoms with Crippen molar-refractivity contribution >= 4 is 38.9 Å². The lowest BCUT2D eigenvalue weighted by Crippen LogP contribution is -2.53. The summed E-state index contributed by atoms with van der Waals surface area (Å²) >= 11 is 11.0. The van der Waals surface area contributed by atoms with Crippen LogP contribution < -0.4 is 0 Å². The smallest absolute Gasteiger partial charge is 0.126 e. The minimum Gasteiger partial charge on any atom is -0.290 e. The quantitative estimate of drug-likeness (QED) is 0.331. The Labute approximate surface area is 197 Å². The van der Waals surface area contributed by atoms with Crippen LogP contribution in [0.5, 0.6) is 0 Å². The van der Waals surface area contributed by atoms with Gasteiger partial charge < -0.3 is 0 Å². The van der Waals surface area contributed by atoms with E-state index in [1.54, 1.807) is 11.3 Å². The number of rotatable bonds is 6. The molecule has 1 aliphatic rings. The van der Waals surface area contributed by atoms with E-state index in [1.165, 1.54) is 26.0 Å². The molecule has 2 aromatic carbocycles. The number of benzene rings is 2. The van der Waals surface area contributed by atoms with Crippen molar-refractivity contribution in [2.75, 3.05) is 13.1 Å². The Kier molecular flexibility index (Phi) is 6.50. The van der Waals surface area contributed by atoms with E-state index in [0.717, 1.165) is 21.2 Å². The van der Waals surface area contributed by atoms with Crippen LogP contribution in [0.15, 0.2) is 52.4 Å². The first-order valence-corrected chi connectivity index (χ1v) is 11.9. The number of thiazole rings is 1. The first-order chi connectivity index (χ1) is 14.6. The average Bonchev–Trinajstić information content (AvgIpc) is 3.05. The lowest BCUT2D eigenvalue weighted by atomic mass is 9.72. The largest absolute Gasteiger partial charge is 0.290 e. The molecule has 0 radical (unpaired) electrons. The Bertz CT molecular complexity index is 1040. The number of aromatic nitrogens is 1. The minimum absolute atomic E-state index is 0.0839. The Balaban J connectivity index is 1.62. The number of hydrogen-bond donors (Lipinski definition) is 0. The molecule has 1 aromatic heterocycles. The van der Waals surface area contributed by atoms with Gasteiger partial charge in [-0.3, -0.25) is 4.90 Å². The number of halogens is 5. The lowest BCUT2D eigenvalue weighted by molar-refractivity contribution is 0.00798. The van der Waals surface area contributed by atoms with Gasteiger partial charge in [0.2, 0.25) is 0 Å². The Hall–Kier alpha value is -1.41. The first-order valence-electron chi connectivity index (χ1n) is 9.87. The maximum atomic E-state index is 15.2. The van der Waals surface area contributed by atoms with Crippen LogP contribution in [-0.2, 0) is 0 Å². The Morgan fingerprint density at radius 1 is 1.10 bits per heavy atom. The molecule has 0 saturated carbocycles. The molecule has 31 heavy (non-hydrogen) atoms. The molecule has 0 bridgehead atoms. The molecule has 2 unspecified atom stereocenters. The molecule has 1 fully saturated rings. The van der Waals surface area contributed by atoms with Crippen molar-refractivity contribution < 1.29 is 13.2 Å². The molecule has 4 rings (SSSR count). The highest BCUT2D eigenvalue weighted by Crippen LogP contribution is 2.46. The van der Waals surface area contributed by atoms with E-state index in [9.17, 15) is 8.78 Å². The van der Waals surface area contributed by atoms with Gasteiger partial charge in [-0.1, -0.05) is 23.7 Å². The molecule has 2 heterocycles. The third-order valence-electron chi connectivity index (χ3n) is 5.67. The van der Waals surface area contributed by atoms with Gasteiger partial charge in [0.1, 0.15) is 26.9 Å². The summed E-state index contributed by atoms with van der Waals surface area (Å²) in [4.78, 5) is 6.82. The van der Waals surface area contributed by atoms with Gasteiger partial charge in [-0.05, 0) is 71.1 Å². The van der Waals surface area contributed by atoms with Crippen LogP contribution in [0, 0.1) is 17.6 Å². The Morgan fingerprint density at radius 3 is 2.23 bits per heavy atom. The molecule has 0 N–H and O–H groups in total. The van der Waals surface area contributed by atoms with E-state index in [1.807, 2.05) is 29.6 Å². The van der Waals surface area contributed by atoms with Crippen molar-refractivity contribution in [3.05, 3.63) is 85.2 Å². The predicted molar refractivity (Wildman–Crippen MR) is 122 cm³/mol. The molecule has 0 aliphatic carbocycles. The van der Waals surface area contributed by atoms with Crippen LogP contribution >= 0.6 is 38.9 Å². The second kappa shape index (κ2) is 8.85. The van der Waals surface area contributed by atoms with Crippen LogP contribution in [0.4, 0.5) is 13.2 Å². The topological polar surface area (TPSA) is 16.1 Å². The molecule has 0 spiro atoms. The molecule has 2 atom stereocenters. The summed E-state index contributed by atoms with van der Waals surface area (Å²) in [5.41, 5.74) is -0.232. The normalized spacial score (nSPS) is 17.4. The van der Waals surface area contributed by atoms with E-state index in [2.05, 4.69) is 25.8 Å². The fourth-order valence-electron chi connectivity index (χ4n) is 4.50. The van der Waals surface area contributed by atoms with E-state index in [0.29, 0.717) is 23.7 Å². The van der Waals surface area contributed by atoms with Gasteiger partial charge in [0.05, 0.1) is 6.04 Å². The molecule has 8 heteroatoms. The zero-order chi connectivity index (χ0) is 22.3. The number of hydrogen-bond acceptors (Lipinski definition) is 3. The van der Waals surface area contributed by atoms with E-state index in [4.69, 9.17) is 11.6 Å². The average molecular weight is 530 g/mol. The molecule has 164 valence electrons. The molecule has 2 nitrogen and oxygen atoms in total. The van der Waals surface area contributed by atoms with Crippen molar-refractivity contribution in [3.8, 4) is 0 Å². The fraction of sp³-hybridized carbons (Fsp3) is 0.348. The molecule has 0 amide bonds. The van der Waals surface area contributed by atoms with Gasteiger partial charge in [0, 0.05) is 35.5 Å². The van der Waals surface area contributed by atoms with Crippen LogP contribution in [-0.4, -0.2) is 28.6 Å². The summed E-state index contributed by atoms with van der Waals surface area (Å²) in [7, 11) is 0. The lowest BCUT2D eigenvalue weighted by Gasteiger charge is -2.49. The SMILES string of the molecule is CC(C)(F)C(c1cc(F)cc(F)c1)C1CN(C(c2ccc(Cl)cc2)c2nc(Br)cs2)C1. The maximum Gasteiger partial charge on any atom is 0.126 e. The second-order valence-electron chi connectivity index (χ2n) is 8.42. The van der Waals surface area contributed by atoms with Crippen LogP contribution in [0.3, 0.4) is 0 Å². The number of nitrogens with zero attached hydrogens (tertiary/aromatic N) is 2. The third-order valence-corrected chi connectivity index (χ3v) is 7.53. The first kappa shape index (κ1) is 22.8. The van der Waals surface area contributed by atoms with Crippen LogP contribution in [0.2, 0.25) is 5.02 Å². The molecular weight excluding hydrogens is 509 g/mol. The van der Waals surface area contributed by atoms with Gasteiger partial charge in [-0.25, -0.2) is 18.2 Å². The maximum absolute atomic E-state index is 15.2. The highest BCUT2D eigenvalue weighted by Gasteiger charge is 2.45. The number of alkyl halides is 1. The fourth-order valence-corrected chi connectivity index (χ4v) is 6.05. The van der Waals surface area contributed by atoms with Gasteiger partial charge in [-0.15, -0.1) is 11.3 Å². The third kappa shape index (κ3) is 5.00. The predicted octanol–water partition coefficient (Wildman–Crippen LogP) is 7.39. The monoisotopic (exact) mass is 528 g/mol. The van der Waals surface area contributed by atoms with E-state index < -0.39 is 23.2 Å². The molecular formula is C23H21BrClF3N2S. The highest BCUT2D eigenvalue weighted by molar-refractivity contribution is 9.10. The van der Waals surface area contributed by atoms with E-state index >= 15 is 4.39 Å². The zero-order valence-electron chi connectivity index (χ0n) is 17.0. The van der Waals surface area contributed by atoms with Crippen molar-refractivity contribution in [3.63, 3.8) is 0 Å². The van der Waals surface area contributed by atoms with Gasteiger partial charge in [0.25, 0.3) is 0 Å². The number of likely N-dealkylation sites (tertiary alicyclic amines) is 1. The van der Waals surface area contributed by atoms with Crippen LogP contribution in [0.1, 0.15) is 41.9 Å². The summed E-state index contributed by atoms with van der Waals surface area (Å²) in [5, 5.41) is 3.50. The van der Waals surface area contributed by atoms with Gasteiger partial charge in [-0.2, -0.15) is 0 Å². The molecule has 3 aromatic rings. The summed E-state index contributed by atoms with van der Waals surface area (Å²) < 4.78 is 43.7. The second-order valence-corrected chi connectivity index (χ2v) is 10.6. The Morgan fingerprint density at radius 2 is 1.71 bits per heavy atom. The summed E-state index contributed by atoms with van der Waals surface area (Å²) in [6, 6.07) is 10.8. The summed E-state index contributed by atoms with van der Waals surface area (Å²) in [6.07, 6.45) is 0. The molecule has 1 saturated heterocycles. The summed E-state index contributed by atoms with van der Waals surface area (Å²) in [6.45, 7) is 4.11. The minimum atomic E-state index is -1.63. The summed E-state index contributed by atoms with van der Waals surface area (Å²) in [5.74, 6) is -2.08. The van der Waals surface area contributed by atoms with Crippen LogP contribution in [0.25, 0.3) is 0 Å². The highest BCUT2D eigenvalue weighted by atomic mass is 79.9. The van der Waals surface area contributed by atoms with Crippen molar-refractivity contribution in [2.45, 2.75) is 31.5 Å². The van der Waals surface area contributed by atoms with Crippen molar-refractivity contribution in [1.29, 1.82) is 0 Å².